The normalized spacial score (nSPS) is 19.6. The molecular weight excluding hydrogens is 324 g/mol. The fraction of sp³-hybridized carbons (Fsp3) is 0.364. The smallest absolute Gasteiger partial charge is 0.229 e. The van der Waals surface area contributed by atoms with E-state index < -0.39 is 0 Å². The van der Waals surface area contributed by atoms with Crippen molar-refractivity contribution < 1.29 is 9.59 Å². The first-order valence-electron chi connectivity index (χ1n) is 9.23. The van der Waals surface area contributed by atoms with Crippen LogP contribution in [0.2, 0.25) is 0 Å². The van der Waals surface area contributed by atoms with Gasteiger partial charge in [-0.05, 0) is 49.9 Å². The van der Waals surface area contributed by atoms with Gasteiger partial charge in [0, 0.05) is 37.3 Å². The minimum atomic E-state index is 0.00582. The molecule has 2 amide bonds. The van der Waals surface area contributed by atoms with Gasteiger partial charge in [0.15, 0.2) is 0 Å². The number of hydrogen-bond donors (Lipinski definition) is 0. The molecule has 0 atom stereocenters. The Kier molecular flexibility index (Phi) is 5.71. The number of rotatable bonds is 4. The van der Waals surface area contributed by atoms with E-state index in [-0.39, 0.29) is 23.7 Å². The monoisotopic (exact) mass is 350 g/mol. The molecule has 0 saturated heterocycles. The Hall–Kier alpha value is -2.62. The molecule has 0 aromatic heterocycles. The van der Waals surface area contributed by atoms with Crippen LogP contribution in [0.5, 0.6) is 0 Å². The molecule has 4 nitrogen and oxygen atoms in total. The van der Waals surface area contributed by atoms with Gasteiger partial charge in [0.1, 0.15) is 0 Å². The van der Waals surface area contributed by atoms with Crippen LogP contribution in [0.3, 0.4) is 0 Å². The molecule has 0 aliphatic heterocycles. The fourth-order valence-electron chi connectivity index (χ4n) is 3.69. The molecule has 2 aromatic carbocycles. The third-order valence-electron chi connectivity index (χ3n) is 5.37. The summed E-state index contributed by atoms with van der Waals surface area (Å²) >= 11 is 0. The predicted octanol–water partition coefficient (Wildman–Crippen LogP) is 4.12. The highest BCUT2D eigenvalue weighted by Crippen LogP contribution is 2.32. The minimum Gasteiger partial charge on any atom is -0.315 e. The molecule has 0 bridgehead atoms. The maximum Gasteiger partial charge on any atom is 0.229 e. The molecule has 0 radical (unpaired) electrons. The van der Waals surface area contributed by atoms with Gasteiger partial charge in [-0.1, -0.05) is 36.4 Å². The van der Waals surface area contributed by atoms with Gasteiger partial charge in [-0.25, -0.2) is 0 Å². The van der Waals surface area contributed by atoms with Gasteiger partial charge in [0.05, 0.1) is 0 Å². The average molecular weight is 350 g/mol. The summed E-state index contributed by atoms with van der Waals surface area (Å²) in [7, 11) is 3.66. The maximum absolute atomic E-state index is 12.8. The van der Waals surface area contributed by atoms with Gasteiger partial charge in [-0.15, -0.1) is 0 Å². The van der Waals surface area contributed by atoms with Gasteiger partial charge in [-0.3, -0.25) is 9.59 Å². The summed E-state index contributed by atoms with van der Waals surface area (Å²) in [6, 6.07) is 19.4. The third-order valence-corrected chi connectivity index (χ3v) is 5.37. The van der Waals surface area contributed by atoms with E-state index >= 15 is 0 Å². The Morgan fingerprint density at radius 2 is 0.962 bits per heavy atom. The highest BCUT2D eigenvalue weighted by atomic mass is 16.2. The van der Waals surface area contributed by atoms with Crippen LogP contribution in [0.25, 0.3) is 0 Å². The summed E-state index contributed by atoms with van der Waals surface area (Å²) in [6.45, 7) is 0. The molecule has 0 heterocycles. The van der Waals surface area contributed by atoms with Crippen LogP contribution in [0.1, 0.15) is 25.7 Å². The molecule has 1 aliphatic rings. The van der Waals surface area contributed by atoms with Crippen molar-refractivity contribution in [2.45, 2.75) is 25.7 Å². The number of carbonyl (C=O) groups excluding carboxylic acids is 2. The summed E-state index contributed by atoms with van der Waals surface area (Å²) < 4.78 is 0. The number of anilines is 2. The summed E-state index contributed by atoms with van der Waals surface area (Å²) in [5.74, 6) is 0.314. The zero-order valence-electron chi connectivity index (χ0n) is 15.5. The van der Waals surface area contributed by atoms with Gasteiger partial charge in [0.2, 0.25) is 11.8 Å². The van der Waals surface area contributed by atoms with Crippen molar-refractivity contribution in [2.24, 2.45) is 11.8 Å². The number of amides is 2. The Balaban J connectivity index is 1.57. The summed E-state index contributed by atoms with van der Waals surface area (Å²) in [6.07, 6.45) is 3.09. The first-order valence-corrected chi connectivity index (χ1v) is 9.23. The van der Waals surface area contributed by atoms with Crippen LogP contribution in [0.15, 0.2) is 60.7 Å². The Morgan fingerprint density at radius 3 is 1.27 bits per heavy atom. The van der Waals surface area contributed by atoms with Crippen molar-refractivity contribution in [3.63, 3.8) is 0 Å². The third kappa shape index (κ3) is 3.96. The van der Waals surface area contributed by atoms with Crippen LogP contribution in [0, 0.1) is 11.8 Å². The quantitative estimate of drug-likeness (QED) is 0.832. The van der Waals surface area contributed by atoms with E-state index in [4.69, 9.17) is 0 Å². The minimum absolute atomic E-state index is 0.00582. The molecule has 136 valence electrons. The molecule has 1 fully saturated rings. The lowest BCUT2D eigenvalue weighted by molar-refractivity contribution is -0.127. The lowest BCUT2D eigenvalue weighted by Crippen LogP contribution is -2.39. The Labute approximate surface area is 155 Å². The van der Waals surface area contributed by atoms with Crippen LogP contribution < -0.4 is 9.80 Å². The van der Waals surface area contributed by atoms with Gasteiger partial charge < -0.3 is 9.80 Å². The number of para-hydroxylation sites is 2. The lowest BCUT2D eigenvalue weighted by atomic mass is 9.80. The lowest BCUT2D eigenvalue weighted by Gasteiger charge is -2.32. The van der Waals surface area contributed by atoms with Crippen molar-refractivity contribution >= 4 is 23.2 Å². The van der Waals surface area contributed by atoms with Crippen LogP contribution >= 0.6 is 0 Å². The zero-order chi connectivity index (χ0) is 18.5. The molecule has 2 aromatic rings. The first-order chi connectivity index (χ1) is 12.6. The molecule has 0 spiro atoms. The maximum atomic E-state index is 12.8. The second-order valence-electron chi connectivity index (χ2n) is 7.01. The van der Waals surface area contributed by atoms with Crippen molar-refractivity contribution in [3.05, 3.63) is 60.7 Å². The Bertz CT molecular complexity index is 672. The number of carbonyl (C=O) groups is 2. The zero-order valence-corrected chi connectivity index (χ0v) is 15.5. The second-order valence-corrected chi connectivity index (χ2v) is 7.01. The van der Waals surface area contributed by atoms with Crippen LogP contribution in [-0.2, 0) is 9.59 Å². The topological polar surface area (TPSA) is 40.6 Å². The van der Waals surface area contributed by atoms with Crippen molar-refractivity contribution in [1.82, 2.24) is 0 Å². The molecule has 4 heteroatoms. The second kappa shape index (κ2) is 8.17. The van der Waals surface area contributed by atoms with E-state index in [9.17, 15) is 9.59 Å². The standard InChI is InChI=1S/C22H26N2O2/c1-23(19-9-5-3-6-10-19)21(25)17-13-15-18(16-14-17)22(26)24(2)20-11-7-4-8-12-20/h3-12,17-18H,13-16H2,1-2H3. The summed E-state index contributed by atoms with van der Waals surface area (Å²) in [4.78, 5) is 29.0. The van der Waals surface area contributed by atoms with E-state index in [1.165, 1.54) is 0 Å². The van der Waals surface area contributed by atoms with E-state index in [1.54, 1.807) is 9.80 Å². The van der Waals surface area contributed by atoms with E-state index in [1.807, 2.05) is 74.8 Å². The summed E-state index contributed by atoms with van der Waals surface area (Å²) in [5, 5.41) is 0. The molecule has 1 aliphatic carbocycles. The molecule has 3 rings (SSSR count). The number of nitrogens with zero attached hydrogens (tertiary/aromatic N) is 2. The highest BCUT2D eigenvalue weighted by Gasteiger charge is 2.33. The molecule has 0 N–H and O–H groups in total. The first kappa shape index (κ1) is 18.2. The van der Waals surface area contributed by atoms with E-state index in [0.717, 1.165) is 37.1 Å². The summed E-state index contributed by atoms with van der Waals surface area (Å²) in [5.41, 5.74) is 1.83. The SMILES string of the molecule is CN(C(=O)C1CCC(C(=O)N(C)c2ccccc2)CC1)c1ccccc1. The van der Waals surface area contributed by atoms with E-state index in [2.05, 4.69) is 0 Å². The van der Waals surface area contributed by atoms with Crippen LogP contribution in [-0.4, -0.2) is 25.9 Å². The van der Waals surface area contributed by atoms with Crippen LogP contribution in [0.4, 0.5) is 11.4 Å². The molecule has 26 heavy (non-hydrogen) atoms. The highest BCUT2D eigenvalue weighted by molar-refractivity contribution is 5.96. The largest absolute Gasteiger partial charge is 0.315 e. The van der Waals surface area contributed by atoms with E-state index in [0.29, 0.717) is 0 Å². The average Bonchev–Trinajstić information content (AvgIpc) is 2.73. The molecule has 1 saturated carbocycles. The Morgan fingerprint density at radius 1 is 0.654 bits per heavy atom. The van der Waals surface area contributed by atoms with Gasteiger partial charge in [0.25, 0.3) is 0 Å². The predicted molar refractivity (Wildman–Crippen MR) is 105 cm³/mol. The van der Waals surface area contributed by atoms with Crippen molar-refractivity contribution in [2.75, 3.05) is 23.9 Å². The van der Waals surface area contributed by atoms with Crippen molar-refractivity contribution in [1.29, 1.82) is 0 Å². The molecule has 0 unspecified atom stereocenters. The molecular formula is C22H26N2O2. The van der Waals surface area contributed by atoms with Gasteiger partial charge >= 0.3 is 0 Å². The fourth-order valence-corrected chi connectivity index (χ4v) is 3.69. The van der Waals surface area contributed by atoms with Gasteiger partial charge in [-0.2, -0.15) is 0 Å². The van der Waals surface area contributed by atoms with Crippen molar-refractivity contribution in [3.8, 4) is 0 Å². The number of benzene rings is 2. The number of hydrogen-bond acceptors (Lipinski definition) is 2.